The molecule has 2 N–H and O–H groups in total. The molecule has 0 fully saturated rings. The Morgan fingerprint density at radius 3 is 1.91 bits per heavy atom. The summed E-state index contributed by atoms with van der Waals surface area (Å²) >= 11 is 0. The third-order valence-corrected chi connectivity index (χ3v) is 7.23. The van der Waals surface area contributed by atoms with Crippen LogP contribution in [0.25, 0.3) is 0 Å². The Kier molecular flexibility index (Phi) is 18.5. The third kappa shape index (κ3) is 18.3. The van der Waals surface area contributed by atoms with E-state index >= 15 is 0 Å². The fraction of sp³-hybridized carbons (Fsp3) is 0.800. The second kappa shape index (κ2) is 19.5. The lowest BCUT2D eigenvalue weighted by Gasteiger charge is -2.19. The average Bonchev–Trinajstić information content (AvgIpc) is 2.82. The van der Waals surface area contributed by atoms with Gasteiger partial charge in [0.2, 0.25) is 6.79 Å². The number of allylic oxidation sites excluding steroid dienone is 2. The lowest BCUT2D eigenvalue weighted by Crippen LogP contribution is -2.38. The summed E-state index contributed by atoms with van der Waals surface area (Å²) in [5.41, 5.74) is -0.631. The van der Waals surface area contributed by atoms with Crippen LogP contribution in [0, 0.1) is 5.41 Å². The summed E-state index contributed by atoms with van der Waals surface area (Å²) in [4.78, 5) is 34.0. The molecule has 0 heterocycles. The zero-order valence-electron chi connectivity index (χ0n) is 22.4. The highest BCUT2D eigenvalue weighted by molar-refractivity contribution is 7.53. The average molecular weight is 519 g/mol. The second-order valence-electron chi connectivity index (χ2n) is 9.51. The van der Waals surface area contributed by atoms with E-state index in [1.807, 2.05) is 0 Å². The molecule has 10 heteroatoms. The van der Waals surface area contributed by atoms with E-state index in [4.69, 9.17) is 13.8 Å². The van der Waals surface area contributed by atoms with Crippen LogP contribution >= 0.6 is 7.60 Å². The number of rotatable bonds is 19. The van der Waals surface area contributed by atoms with Crippen molar-refractivity contribution in [2.75, 3.05) is 33.7 Å². The van der Waals surface area contributed by atoms with Gasteiger partial charge in [0.25, 0.3) is 0 Å². The number of esters is 1. The molecule has 9 nitrogen and oxygen atoms in total. The highest BCUT2D eigenvalue weighted by Gasteiger charge is 2.26. The molecule has 35 heavy (non-hydrogen) atoms. The molecular formula is C25H47N2O7P. The molecule has 0 bridgehead atoms. The van der Waals surface area contributed by atoms with Crippen molar-refractivity contribution in [2.24, 2.45) is 5.41 Å². The van der Waals surface area contributed by atoms with Crippen molar-refractivity contribution in [2.45, 2.75) is 91.4 Å². The molecule has 0 aliphatic carbocycles. The lowest BCUT2D eigenvalue weighted by atomic mass is 9.98. The Morgan fingerprint density at radius 1 is 0.829 bits per heavy atom. The Morgan fingerprint density at radius 2 is 1.37 bits per heavy atom. The molecule has 1 unspecified atom stereocenters. The Bertz CT molecular complexity index is 690. The molecule has 1 atom stereocenters. The van der Waals surface area contributed by atoms with E-state index in [1.165, 1.54) is 33.4 Å². The number of hydrogen-bond donors (Lipinski definition) is 2. The number of nitrogens with one attached hydrogen (secondary N) is 2. The first kappa shape index (κ1) is 33.3. The Hall–Kier alpha value is -1.70. The highest BCUT2D eigenvalue weighted by atomic mass is 31.2. The number of amides is 2. The van der Waals surface area contributed by atoms with Gasteiger partial charge in [0, 0.05) is 20.7 Å². The van der Waals surface area contributed by atoms with Crippen LogP contribution in [0.3, 0.4) is 0 Å². The highest BCUT2D eigenvalue weighted by Crippen LogP contribution is 2.48. The summed E-state index contributed by atoms with van der Waals surface area (Å²) in [5, 5.41) is 4.88. The van der Waals surface area contributed by atoms with Gasteiger partial charge in [0.1, 0.15) is 0 Å². The van der Waals surface area contributed by atoms with Gasteiger partial charge in [-0.05, 0) is 59.3 Å². The number of carbonyl (C=O) groups is 3. The Balaban J connectivity index is 3.62. The van der Waals surface area contributed by atoms with Gasteiger partial charge >= 0.3 is 25.4 Å². The van der Waals surface area contributed by atoms with Crippen LogP contribution in [0.4, 0.5) is 0 Å². The molecule has 0 spiro atoms. The molecule has 0 aromatic heterocycles. The summed E-state index contributed by atoms with van der Waals surface area (Å²) in [6.45, 7) is 5.40. The van der Waals surface area contributed by atoms with Crippen LogP contribution in [0.1, 0.15) is 91.4 Å². The summed E-state index contributed by atoms with van der Waals surface area (Å²) in [5.74, 6) is -1.59. The molecule has 0 radical (unpaired) electrons. The fourth-order valence-corrected chi connectivity index (χ4v) is 4.30. The van der Waals surface area contributed by atoms with Crippen LogP contribution in [0.5, 0.6) is 0 Å². The van der Waals surface area contributed by atoms with E-state index in [-0.39, 0.29) is 6.79 Å². The van der Waals surface area contributed by atoms with Gasteiger partial charge in [-0.1, -0.05) is 44.3 Å². The van der Waals surface area contributed by atoms with Gasteiger partial charge in [0.15, 0.2) is 0 Å². The van der Waals surface area contributed by atoms with Gasteiger partial charge in [0.05, 0.1) is 11.6 Å². The quantitative estimate of drug-likeness (QED) is 0.0610. The molecule has 0 saturated heterocycles. The van der Waals surface area contributed by atoms with Gasteiger partial charge in [-0.2, -0.15) is 0 Å². The topological polar surface area (TPSA) is 120 Å². The van der Waals surface area contributed by atoms with E-state index in [9.17, 15) is 18.9 Å². The van der Waals surface area contributed by atoms with E-state index in [0.717, 1.165) is 51.4 Å². The number of carbonyl (C=O) groups excluding carboxylic acids is 3. The van der Waals surface area contributed by atoms with Crippen LogP contribution < -0.4 is 10.6 Å². The number of likely N-dealkylation sites (N-methyl/N-ethyl adjacent to an activating group) is 1. The van der Waals surface area contributed by atoms with Crippen molar-refractivity contribution in [3.63, 3.8) is 0 Å². The maximum atomic E-state index is 12.5. The minimum absolute atomic E-state index is 0.321. The predicted octanol–water partition coefficient (Wildman–Crippen LogP) is 5.10. The largest absolute Gasteiger partial charge is 0.438 e. The van der Waals surface area contributed by atoms with Gasteiger partial charge in [-0.3, -0.25) is 23.5 Å². The lowest BCUT2D eigenvalue weighted by molar-refractivity contribution is -0.160. The van der Waals surface area contributed by atoms with Crippen LogP contribution in [-0.4, -0.2) is 51.4 Å². The standard InChI is InChI=1S/C25H47N2O7P/c1-25(2,3)24(30)33-21-34-35(31,32-5)20-18-16-14-12-10-8-6-7-9-11-13-15-17-19-27-23(29)22(28)26-4/h9,11H,6-8,10,12-21H2,1-5H3,(H,26,28)(H,27,29)/b11-9-. The van der Waals surface area contributed by atoms with Gasteiger partial charge in [-0.25, -0.2) is 0 Å². The second-order valence-corrected chi connectivity index (χ2v) is 11.8. The molecular weight excluding hydrogens is 471 g/mol. The summed E-state index contributed by atoms with van der Waals surface area (Å²) < 4.78 is 27.8. The Labute approximate surface area is 211 Å². The van der Waals surface area contributed by atoms with E-state index in [0.29, 0.717) is 12.7 Å². The number of hydrogen-bond acceptors (Lipinski definition) is 7. The molecule has 0 rings (SSSR count). The molecule has 0 aliphatic rings. The van der Waals surface area contributed by atoms with Crippen molar-refractivity contribution >= 4 is 25.4 Å². The molecule has 0 aromatic carbocycles. The molecule has 0 aromatic rings. The van der Waals surface area contributed by atoms with E-state index in [2.05, 4.69) is 22.8 Å². The zero-order chi connectivity index (χ0) is 26.6. The van der Waals surface area contributed by atoms with Crippen LogP contribution in [-0.2, 0) is 32.7 Å². The van der Waals surface area contributed by atoms with Crippen molar-refractivity contribution in [1.29, 1.82) is 0 Å². The van der Waals surface area contributed by atoms with Crippen LogP contribution in [0.2, 0.25) is 0 Å². The minimum atomic E-state index is -3.22. The van der Waals surface area contributed by atoms with Gasteiger partial charge < -0.3 is 19.9 Å². The molecule has 0 aliphatic heterocycles. The van der Waals surface area contributed by atoms with Gasteiger partial charge in [-0.15, -0.1) is 0 Å². The minimum Gasteiger partial charge on any atom is -0.438 e. The molecule has 204 valence electrons. The van der Waals surface area contributed by atoms with E-state index in [1.54, 1.807) is 20.8 Å². The SMILES string of the molecule is CNC(=O)C(=O)NCCCC/C=C\CCCCCCCCCP(=O)(OC)OCOC(=O)C(C)(C)C. The third-order valence-electron chi connectivity index (χ3n) is 5.32. The number of ether oxygens (including phenoxy) is 1. The number of unbranched alkanes of at least 4 members (excludes halogenated alkanes) is 9. The normalized spacial score (nSPS) is 13.4. The predicted molar refractivity (Wildman–Crippen MR) is 138 cm³/mol. The van der Waals surface area contributed by atoms with Crippen molar-refractivity contribution in [3.05, 3.63) is 12.2 Å². The smallest absolute Gasteiger partial charge is 0.333 e. The monoisotopic (exact) mass is 518 g/mol. The molecule has 0 saturated carbocycles. The summed E-state index contributed by atoms with van der Waals surface area (Å²) in [6, 6.07) is 0. The first-order valence-corrected chi connectivity index (χ1v) is 14.4. The first-order valence-electron chi connectivity index (χ1n) is 12.7. The summed E-state index contributed by atoms with van der Waals surface area (Å²) in [7, 11) is -0.431. The van der Waals surface area contributed by atoms with Crippen molar-refractivity contribution in [1.82, 2.24) is 10.6 Å². The summed E-state index contributed by atoms with van der Waals surface area (Å²) in [6.07, 6.45) is 16.1. The zero-order valence-corrected chi connectivity index (χ0v) is 23.3. The fourth-order valence-electron chi connectivity index (χ4n) is 3.06. The van der Waals surface area contributed by atoms with Crippen LogP contribution in [0.15, 0.2) is 12.2 Å². The molecule has 2 amide bonds. The maximum absolute atomic E-state index is 12.5. The first-order chi connectivity index (χ1) is 16.6. The van der Waals surface area contributed by atoms with E-state index < -0.39 is 30.8 Å². The maximum Gasteiger partial charge on any atom is 0.333 e. The van der Waals surface area contributed by atoms with Crippen molar-refractivity contribution in [3.8, 4) is 0 Å². The van der Waals surface area contributed by atoms with Crippen molar-refractivity contribution < 1.29 is 32.7 Å².